The second kappa shape index (κ2) is 7.60. The SMILES string of the molecule is O=C(CSc1nc2ccc(C(=O)c3ccccc3)cc2[nH]1)c1ccccc1. The Bertz CT molecular complexity index is 1110. The Morgan fingerprint density at radius 3 is 2.19 bits per heavy atom. The molecule has 0 saturated carbocycles. The average Bonchev–Trinajstić information content (AvgIpc) is 3.15. The van der Waals surface area contributed by atoms with E-state index in [4.69, 9.17) is 0 Å². The van der Waals surface area contributed by atoms with Crippen LogP contribution in [0.5, 0.6) is 0 Å². The Morgan fingerprint density at radius 1 is 0.815 bits per heavy atom. The van der Waals surface area contributed by atoms with Crippen molar-refractivity contribution in [2.45, 2.75) is 5.16 Å². The lowest BCUT2D eigenvalue weighted by Gasteiger charge is -2.00. The minimum Gasteiger partial charge on any atom is -0.333 e. The van der Waals surface area contributed by atoms with Crippen molar-refractivity contribution in [1.29, 1.82) is 0 Å². The molecule has 0 atom stereocenters. The van der Waals surface area contributed by atoms with Gasteiger partial charge in [0.2, 0.25) is 0 Å². The minimum absolute atomic E-state index is 0.0273. The number of aromatic nitrogens is 2. The van der Waals surface area contributed by atoms with Gasteiger partial charge in [0.05, 0.1) is 16.8 Å². The number of thioether (sulfide) groups is 1. The van der Waals surface area contributed by atoms with Gasteiger partial charge in [-0.15, -0.1) is 0 Å². The van der Waals surface area contributed by atoms with Crippen molar-refractivity contribution in [2.24, 2.45) is 0 Å². The van der Waals surface area contributed by atoms with Crippen molar-refractivity contribution >= 4 is 34.4 Å². The van der Waals surface area contributed by atoms with E-state index in [0.717, 1.165) is 11.0 Å². The summed E-state index contributed by atoms with van der Waals surface area (Å²) in [5.74, 6) is 0.334. The Morgan fingerprint density at radius 2 is 1.48 bits per heavy atom. The second-order valence-corrected chi connectivity index (χ2v) is 7.01. The Balaban J connectivity index is 1.51. The number of hydrogen-bond acceptors (Lipinski definition) is 4. The molecule has 0 fully saturated rings. The van der Waals surface area contributed by atoms with Gasteiger partial charge in [-0.2, -0.15) is 0 Å². The number of rotatable bonds is 6. The monoisotopic (exact) mass is 372 g/mol. The number of carbonyl (C=O) groups excluding carboxylic acids is 2. The van der Waals surface area contributed by atoms with Crippen LogP contribution < -0.4 is 0 Å². The highest BCUT2D eigenvalue weighted by Crippen LogP contribution is 2.22. The molecule has 0 radical (unpaired) electrons. The molecule has 27 heavy (non-hydrogen) atoms. The number of aromatic amines is 1. The van der Waals surface area contributed by atoms with Gasteiger partial charge in [0, 0.05) is 16.7 Å². The highest BCUT2D eigenvalue weighted by molar-refractivity contribution is 7.99. The zero-order chi connectivity index (χ0) is 18.6. The van der Waals surface area contributed by atoms with Crippen LogP contribution in [0.4, 0.5) is 0 Å². The molecule has 4 aromatic rings. The maximum Gasteiger partial charge on any atom is 0.193 e. The van der Waals surface area contributed by atoms with Crippen molar-refractivity contribution < 1.29 is 9.59 Å². The van der Waals surface area contributed by atoms with Crippen LogP contribution in [-0.4, -0.2) is 27.3 Å². The van der Waals surface area contributed by atoms with Gasteiger partial charge in [0.1, 0.15) is 0 Å². The predicted octanol–water partition coefficient (Wildman–Crippen LogP) is 4.77. The topological polar surface area (TPSA) is 62.8 Å². The zero-order valence-corrected chi connectivity index (χ0v) is 15.2. The third-order valence-electron chi connectivity index (χ3n) is 4.19. The van der Waals surface area contributed by atoms with E-state index >= 15 is 0 Å². The van der Waals surface area contributed by atoms with Crippen LogP contribution in [-0.2, 0) is 0 Å². The normalized spacial score (nSPS) is 10.8. The summed E-state index contributed by atoms with van der Waals surface area (Å²) < 4.78 is 0. The van der Waals surface area contributed by atoms with Crippen LogP contribution >= 0.6 is 11.8 Å². The number of fused-ring (bicyclic) bond motifs is 1. The van der Waals surface area contributed by atoms with E-state index in [0.29, 0.717) is 27.6 Å². The third-order valence-corrected chi connectivity index (χ3v) is 5.07. The summed E-state index contributed by atoms with van der Waals surface area (Å²) in [7, 11) is 0. The predicted molar refractivity (Wildman–Crippen MR) is 107 cm³/mol. The number of benzene rings is 3. The molecule has 0 bridgehead atoms. The molecule has 0 aliphatic rings. The molecule has 0 unspecified atom stereocenters. The fourth-order valence-corrected chi connectivity index (χ4v) is 3.57. The van der Waals surface area contributed by atoms with E-state index in [2.05, 4.69) is 9.97 Å². The van der Waals surface area contributed by atoms with Gasteiger partial charge in [0.25, 0.3) is 0 Å². The number of nitrogens with one attached hydrogen (secondary N) is 1. The fourth-order valence-electron chi connectivity index (χ4n) is 2.79. The Kier molecular flexibility index (Phi) is 4.85. The van der Waals surface area contributed by atoms with E-state index in [9.17, 15) is 9.59 Å². The van der Waals surface area contributed by atoms with Crippen LogP contribution in [0.15, 0.2) is 84.0 Å². The Labute approximate surface area is 160 Å². The number of Topliss-reactive ketones (excluding diaryl/α,β-unsaturated/α-hetero) is 1. The van der Waals surface area contributed by atoms with Crippen LogP contribution in [0.3, 0.4) is 0 Å². The Hall–Kier alpha value is -3.18. The van der Waals surface area contributed by atoms with Gasteiger partial charge in [-0.25, -0.2) is 4.98 Å². The highest BCUT2D eigenvalue weighted by Gasteiger charge is 2.12. The van der Waals surface area contributed by atoms with Gasteiger partial charge in [-0.1, -0.05) is 72.4 Å². The molecular formula is C22H16N2O2S. The molecular weight excluding hydrogens is 356 g/mol. The molecule has 1 N–H and O–H groups in total. The first-order chi connectivity index (χ1) is 13.2. The lowest BCUT2D eigenvalue weighted by molar-refractivity contribution is 0.101. The quantitative estimate of drug-likeness (QED) is 0.391. The molecule has 1 heterocycles. The molecule has 4 nitrogen and oxygen atoms in total. The average molecular weight is 372 g/mol. The van der Waals surface area contributed by atoms with Crippen molar-refractivity contribution in [2.75, 3.05) is 5.75 Å². The summed E-state index contributed by atoms with van der Waals surface area (Å²) >= 11 is 1.36. The van der Waals surface area contributed by atoms with Crippen LogP contribution in [0.25, 0.3) is 11.0 Å². The van der Waals surface area contributed by atoms with Crippen molar-refractivity contribution in [1.82, 2.24) is 9.97 Å². The molecule has 0 spiro atoms. The van der Waals surface area contributed by atoms with Crippen LogP contribution in [0, 0.1) is 0 Å². The molecule has 1 aromatic heterocycles. The first kappa shape index (κ1) is 17.2. The summed E-state index contributed by atoms with van der Waals surface area (Å²) in [6.45, 7) is 0. The molecule has 132 valence electrons. The lowest BCUT2D eigenvalue weighted by atomic mass is 10.0. The number of H-pyrrole nitrogens is 1. The van der Waals surface area contributed by atoms with E-state index in [1.54, 1.807) is 24.3 Å². The van der Waals surface area contributed by atoms with Gasteiger partial charge in [-0.05, 0) is 18.2 Å². The van der Waals surface area contributed by atoms with Crippen molar-refractivity contribution in [3.63, 3.8) is 0 Å². The summed E-state index contributed by atoms with van der Waals surface area (Å²) in [4.78, 5) is 32.5. The molecule has 4 rings (SSSR count). The number of hydrogen-bond donors (Lipinski definition) is 1. The number of ketones is 2. The smallest absolute Gasteiger partial charge is 0.193 e. The maximum absolute atomic E-state index is 12.6. The summed E-state index contributed by atoms with van der Waals surface area (Å²) in [5, 5.41) is 0.665. The van der Waals surface area contributed by atoms with E-state index in [1.807, 2.05) is 54.6 Å². The largest absolute Gasteiger partial charge is 0.333 e. The summed E-state index contributed by atoms with van der Waals surface area (Å²) in [6, 6.07) is 23.8. The molecule has 0 amide bonds. The summed E-state index contributed by atoms with van der Waals surface area (Å²) in [6.07, 6.45) is 0. The molecule has 5 heteroatoms. The first-order valence-corrected chi connectivity index (χ1v) is 9.50. The van der Waals surface area contributed by atoms with E-state index < -0.39 is 0 Å². The van der Waals surface area contributed by atoms with E-state index in [1.165, 1.54) is 11.8 Å². The van der Waals surface area contributed by atoms with Crippen molar-refractivity contribution in [3.8, 4) is 0 Å². The van der Waals surface area contributed by atoms with Gasteiger partial charge in [0.15, 0.2) is 16.7 Å². The molecule has 3 aromatic carbocycles. The zero-order valence-electron chi connectivity index (χ0n) is 14.4. The van der Waals surface area contributed by atoms with Gasteiger partial charge >= 0.3 is 0 Å². The number of carbonyl (C=O) groups is 2. The lowest BCUT2D eigenvalue weighted by Crippen LogP contribution is -2.01. The maximum atomic E-state index is 12.6. The van der Waals surface area contributed by atoms with Crippen LogP contribution in [0.2, 0.25) is 0 Å². The number of nitrogens with zero attached hydrogens (tertiary/aromatic N) is 1. The fraction of sp³-hybridized carbons (Fsp3) is 0.0455. The third kappa shape index (κ3) is 3.83. The van der Waals surface area contributed by atoms with Gasteiger partial charge < -0.3 is 4.98 Å². The first-order valence-electron chi connectivity index (χ1n) is 8.51. The number of imidazole rings is 1. The van der Waals surface area contributed by atoms with Gasteiger partial charge in [-0.3, -0.25) is 9.59 Å². The van der Waals surface area contributed by atoms with Crippen LogP contribution in [0.1, 0.15) is 26.3 Å². The standard InChI is InChI=1S/C22H16N2O2S/c25-20(15-7-3-1-4-8-15)14-27-22-23-18-12-11-17(13-19(18)24-22)21(26)16-9-5-2-6-10-16/h1-13H,14H2,(H,23,24). The summed E-state index contributed by atoms with van der Waals surface area (Å²) in [5.41, 5.74) is 3.51. The second-order valence-electron chi connectivity index (χ2n) is 6.05. The molecule has 0 aliphatic carbocycles. The van der Waals surface area contributed by atoms with Crippen molar-refractivity contribution in [3.05, 3.63) is 95.6 Å². The van der Waals surface area contributed by atoms with E-state index in [-0.39, 0.29) is 11.6 Å². The molecule has 0 aliphatic heterocycles. The highest BCUT2D eigenvalue weighted by atomic mass is 32.2. The molecule has 0 saturated heterocycles. The minimum atomic E-state index is -0.0273.